The predicted molar refractivity (Wildman–Crippen MR) is 88.8 cm³/mol. The molecule has 21 heavy (non-hydrogen) atoms. The molecule has 120 valence electrons. The van der Waals surface area contributed by atoms with Crippen LogP contribution in [0.4, 0.5) is 0 Å². The lowest BCUT2D eigenvalue weighted by atomic mass is 10.1. The molecule has 0 aliphatic heterocycles. The van der Waals surface area contributed by atoms with Crippen LogP contribution < -0.4 is 0 Å². The zero-order valence-electron chi connectivity index (χ0n) is 12.9. The highest BCUT2D eigenvalue weighted by molar-refractivity contribution is 8.55. The predicted octanol–water partition coefficient (Wildman–Crippen LogP) is 5.54. The van der Waals surface area contributed by atoms with Crippen molar-refractivity contribution < 1.29 is 18.7 Å². The van der Waals surface area contributed by atoms with Crippen molar-refractivity contribution in [2.75, 3.05) is 13.2 Å². The lowest BCUT2D eigenvalue weighted by molar-refractivity contribution is 0.236. The van der Waals surface area contributed by atoms with E-state index in [1.807, 2.05) is 12.1 Å². The highest BCUT2D eigenvalue weighted by Gasteiger charge is 2.31. The smallest absolute Gasteiger partial charge is 0.389 e. The van der Waals surface area contributed by atoms with Crippen molar-refractivity contribution in [1.29, 1.82) is 0 Å². The summed E-state index contributed by atoms with van der Waals surface area (Å²) in [6.45, 7) is 3.19. The summed E-state index contributed by atoms with van der Waals surface area (Å²) < 4.78 is 23.4. The van der Waals surface area contributed by atoms with Gasteiger partial charge in [0.15, 0.2) is 0 Å². The molecule has 0 bridgehead atoms. The number of aromatic hydroxyl groups is 1. The van der Waals surface area contributed by atoms with Gasteiger partial charge < -0.3 is 14.2 Å². The molecule has 0 radical (unpaired) electrons. The normalized spacial score (nSPS) is 13.3. The minimum atomic E-state index is -3.20. The summed E-state index contributed by atoms with van der Waals surface area (Å²) in [5.41, 5.74) is 0.788. The van der Waals surface area contributed by atoms with Crippen LogP contribution in [0, 0.1) is 0 Å². The van der Waals surface area contributed by atoms with Crippen molar-refractivity contribution in [2.45, 2.75) is 45.3 Å². The number of phenolic OH excluding ortho intramolecular Hbond substituents is 1. The number of para-hydroxylation sites is 1. The van der Waals surface area contributed by atoms with E-state index in [1.54, 1.807) is 26.0 Å². The molecule has 1 aromatic rings. The van der Waals surface area contributed by atoms with Gasteiger partial charge in [-0.15, -0.1) is 0 Å². The van der Waals surface area contributed by atoms with Gasteiger partial charge >= 0.3 is 6.80 Å². The second-order valence-electron chi connectivity index (χ2n) is 4.58. The van der Waals surface area contributed by atoms with Crippen LogP contribution in [0.15, 0.2) is 24.3 Å². The third-order valence-electron chi connectivity index (χ3n) is 2.93. The van der Waals surface area contributed by atoms with Crippen LogP contribution in [0.1, 0.15) is 50.8 Å². The number of hydrogen-bond acceptors (Lipinski definition) is 5. The van der Waals surface area contributed by atoms with Crippen LogP contribution in [0.25, 0.3) is 0 Å². The first-order chi connectivity index (χ1) is 10.1. The van der Waals surface area contributed by atoms with E-state index in [0.29, 0.717) is 13.2 Å². The fourth-order valence-electron chi connectivity index (χ4n) is 1.98. The number of rotatable bonds is 10. The van der Waals surface area contributed by atoms with Gasteiger partial charge in [0.25, 0.3) is 0 Å². The number of phenols is 1. The van der Waals surface area contributed by atoms with Crippen LogP contribution in [0.5, 0.6) is 5.75 Å². The standard InChI is InChI=1S/C15H25O4PS/c1-4-7-12-15(13-10-8-9-11-14(13)16)21-20(17,18-5-2)19-6-3/h8-11,15-16H,4-7,12H2,1-3H3. The molecule has 0 heterocycles. The van der Waals surface area contributed by atoms with E-state index in [-0.39, 0.29) is 11.0 Å². The second-order valence-corrected chi connectivity index (χ2v) is 8.74. The van der Waals surface area contributed by atoms with Crippen molar-refractivity contribution in [3.8, 4) is 5.75 Å². The molecule has 1 rings (SSSR count). The molecule has 1 atom stereocenters. The zero-order chi connectivity index (χ0) is 15.7. The quantitative estimate of drug-likeness (QED) is 0.570. The van der Waals surface area contributed by atoms with Crippen molar-refractivity contribution in [1.82, 2.24) is 0 Å². The molecule has 6 heteroatoms. The fraction of sp³-hybridized carbons (Fsp3) is 0.600. The monoisotopic (exact) mass is 332 g/mol. The van der Waals surface area contributed by atoms with Crippen LogP contribution in [-0.2, 0) is 13.6 Å². The Morgan fingerprint density at radius 2 is 1.81 bits per heavy atom. The van der Waals surface area contributed by atoms with Gasteiger partial charge in [0, 0.05) is 10.8 Å². The van der Waals surface area contributed by atoms with Crippen LogP contribution in [-0.4, -0.2) is 18.3 Å². The lowest BCUT2D eigenvalue weighted by Gasteiger charge is -2.23. The molecule has 0 aromatic heterocycles. The first-order valence-corrected chi connectivity index (χ1v) is 10.4. The SMILES string of the molecule is CCCCC(SP(=O)(OCC)OCC)c1ccccc1O. The average molecular weight is 332 g/mol. The van der Waals surface area contributed by atoms with E-state index in [4.69, 9.17) is 9.05 Å². The summed E-state index contributed by atoms with van der Waals surface area (Å²) in [6.07, 6.45) is 2.85. The van der Waals surface area contributed by atoms with Crippen molar-refractivity contribution >= 4 is 18.2 Å². The molecule has 4 nitrogen and oxygen atoms in total. The Bertz CT molecular complexity index is 457. The van der Waals surface area contributed by atoms with Gasteiger partial charge in [-0.05, 0) is 37.7 Å². The van der Waals surface area contributed by atoms with Gasteiger partial charge in [0.05, 0.1) is 13.2 Å². The topological polar surface area (TPSA) is 55.8 Å². The summed E-state index contributed by atoms with van der Waals surface area (Å²) in [4.78, 5) is 0. The molecule has 1 N–H and O–H groups in total. The molecular weight excluding hydrogens is 307 g/mol. The van der Waals surface area contributed by atoms with E-state index in [9.17, 15) is 9.67 Å². The Kier molecular flexibility index (Phi) is 8.42. The summed E-state index contributed by atoms with van der Waals surface area (Å²) in [5, 5.41) is 9.95. The minimum absolute atomic E-state index is 0.102. The number of hydrogen-bond donors (Lipinski definition) is 1. The zero-order valence-corrected chi connectivity index (χ0v) is 14.7. The Labute approximate surface area is 131 Å². The molecule has 0 amide bonds. The number of benzene rings is 1. The first kappa shape index (κ1) is 18.6. The van der Waals surface area contributed by atoms with E-state index in [0.717, 1.165) is 24.8 Å². The Balaban J connectivity index is 2.97. The van der Waals surface area contributed by atoms with Crippen molar-refractivity contribution in [3.63, 3.8) is 0 Å². The summed E-state index contributed by atoms with van der Waals surface area (Å²) in [6, 6.07) is 7.18. The van der Waals surface area contributed by atoms with Crippen LogP contribution >= 0.6 is 18.2 Å². The van der Waals surface area contributed by atoms with Gasteiger partial charge in [-0.2, -0.15) is 0 Å². The van der Waals surface area contributed by atoms with E-state index in [2.05, 4.69) is 6.92 Å². The third-order valence-corrected chi connectivity index (χ3v) is 7.26. The summed E-state index contributed by atoms with van der Waals surface area (Å²) in [7, 11) is 0. The van der Waals surface area contributed by atoms with E-state index in [1.165, 1.54) is 11.4 Å². The highest BCUT2D eigenvalue weighted by Crippen LogP contribution is 2.66. The Hall–Kier alpha value is -0.480. The Morgan fingerprint density at radius 3 is 2.33 bits per heavy atom. The van der Waals surface area contributed by atoms with Crippen molar-refractivity contribution in [2.24, 2.45) is 0 Å². The maximum Gasteiger partial charge on any atom is 0.389 e. The lowest BCUT2D eigenvalue weighted by Crippen LogP contribution is -1.99. The molecular formula is C15H25O4PS. The molecule has 0 aliphatic carbocycles. The molecule has 1 aromatic carbocycles. The summed E-state index contributed by atoms with van der Waals surface area (Å²) in [5.74, 6) is 0.227. The largest absolute Gasteiger partial charge is 0.508 e. The fourth-order valence-corrected chi connectivity index (χ4v) is 6.30. The minimum Gasteiger partial charge on any atom is -0.508 e. The Morgan fingerprint density at radius 1 is 1.19 bits per heavy atom. The number of unbranched alkanes of at least 4 members (excludes halogenated alkanes) is 1. The molecule has 0 spiro atoms. The molecule has 0 fully saturated rings. The van der Waals surface area contributed by atoms with Gasteiger partial charge in [0.2, 0.25) is 0 Å². The molecule has 0 saturated carbocycles. The van der Waals surface area contributed by atoms with Gasteiger partial charge in [-0.1, -0.05) is 38.0 Å². The molecule has 0 aliphatic rings. The highest BCUT2D eigenvalue weighted by atomic mass is 32.7. The third kappa shape index (κ3) is 6.03. The van der Waals surface area contributed by atoms with Gasteiger partial charge in [0.1, 0.15) is 5.75 Å². The molecule has 1 unspecified atom stereocenters. The average Bonchev–Trinajstić information content (AvgIpc) is 2.44. The van der Waals surface area contributed by atoms with E-state index < -0.39 is 6.80 Å². The summed E-state index contributed by atoms with van der Waals surface area (Å²) >= 11 is 1.20. The first-order valence-electron chi connectivity index (χ1n) is 7.41. The van der Waals surface area contributed by atoms with Crippen LogP contribution in [0.2, 0.25) is 0 Å². The van der Waals surface area contributed by atoms with Crippen molar-refractivity contribution in [3.05, 3.63) is 29.8 Å². The van der Waals surface area contributed by atoms with Gasteiger partial charge in [-0.25, -0.2) is 4.57 Å². The second kappa shape index (κ2) is 9.52. The van der Waals surface area contributed by atoms with E-state index >= 15 is 0 Å². The maximum atomic E-state index is 12.7. The molecule has 0 saturated heterocycles. The van der Waals surface area contributed by atoms with Crippen LogP contribution in [0.3, 0.4) is 0 Å². The maximum absolute atomic E-state index is 12.7. The van der Waals surface area contributed by atoms with Gasteiger partial charge in [-0.3, -0.25) is 0 Å².